The maximum absolute atomic E-state index is 12.2. The number of hydrogen-bond acceptors (Lipinski definition) is 2. The molecule has 114 valence electrons. The predicted octanol–water partition coefficient (Wildman–Crippen LogP) is 3.77. The van der Waals surface area contributed by atoms with Crippen molar-refractivity contribution in [2.75, 3.05) is 0 Å². The summed E-state index contributed by atoms with van der Waals surface area (Å²) < 4.78 is 0. The van der Waals surface area contributed by atoms with Gasteiger partial charge in [0.1, 0.15) is 0 Å². The minimum absolute atomic E-state index is 0.0430. The Kier molecular flexibility index (Phi) is 4.79. The van der Waals surface area contributed by atoms with E-state index in [4.69, 9.17) is 23.2 Å². The Balaban J connectivity index is 2.54. The van der Waals surface area contributed by atoms with Crippen LogP contribution in [0.4, 0.5) is 0 Å². The van der Waals surface area contributed by atoms with Crippen LogP contribution in [-0.2, 0) is 9.59 Å². The van der Waals surface area contributed by atoms with Gasteiger partial charge in [0.05, 0.1) is 12.0 Å². The van der Waals surface area contributed by atoms with Crippen LogP contribution in [0.15, 0.2) is 18.2 Å². The first kappa shape index (κ1) is 16.1. The standard InChI is InChI=1S/C15H17Cl2NO3/c1-8(2)18-13(19)6-5-11(15(20)21)14(18)10-4-3-9(16)7-12(10)17/h3-4,7-8,11,14H,5-6H2,1-2H3,(H,20,21). The molecule has 0 spiro atoms. The summed E-state index contributed by atoms with van der Waals surface area (Å²) in [6.07, 6.45) is 0.567. The maximum atomic E-state index is 12.2. The SMILES string of the molecule is CC(C)N1C(=O)CCC(C(=O)O)C1c1ccc(Cl)cc1Cl. The Morgan fingerprint density at radius 1 is 1.38 bits per heavy atom. The molecule has 1 N–H and O–H groups in total. The fourth-order valence-corrected chi connectivity index (χ4v) is 3.41. The minimum atomic E-state index is -0.913. The number of benzene rings is 1. The zero-order chi connectivity index (χ0) is 15.7. The molecule has 1 aromatic carbocycles. The van der Waals surface area contributed by atoms with Crippen molar-refractivity contribution in [1.82, 2.24) is 4.90 Å². The van der Waals surface area contributed by atoms with Gasteiger partial charge in [0.25, 0.3) is 0 Å². The number of aliphatic carboxylic acids is 1. The van der Waals surface area contributed by atoms with E-state index in [0.717, 1.165) is 0 Å². The first-order chi connectivity index (χ1) is 9.82. The highest BCUT2D eigenvalue weighted by atomic mass is 35.5. The molecule has 6 heteroatoms. The highest BCUT2D eigenvalue weighted by Crippen LogP contribution is 2.41. The van der Waals surface area contributed by atoms with E-state index in [2.05, 4.69) is 0 Å². The van der Waals surface area contributed by atoms with Crippen molar-refractivity contribution in [1.29, 1.82) is 0 Å². The minimum Gasteiger partial charge on any atom is -0.481 e. The van der Waals surface area contributed by atoms with Gasteiger partial charge in [-0.1, -0.05) is 29.3 Å². The number of likely N-dealkylation sites (tertiary alicyclic amines) is 1. The third-order valence-corrected chi connectivity index (χ3v) is 4.36. The Morgan fingerprint density at radius 3 is 2.57 bits per heavy atom. The van der Waals surface area contributed by atoms with E-state index in [-0.39, 0.29) is 18.4 Å². The fourth-order valence-electron chi connectivity index (χ4n) is 2.89. The van der Waals surface area contributed by atoms with E-state index in [1.165, 1.54) is 0 Å². The Morgan fingerprint density at radius 2 is 2.05 bits per heavy atom. The third kappa shape index (κ3) is 3.16. The number of carbonyl (C=O) groups is 2. The first-order valence-corrected chi connectivity index (χ1v) is 7.57. The summed E-state index contributed by atoms with van der Waals surface area (Å²) in [5, 5.41) is 10.4. The number of nitrogens with zero attached hydrogens (tertiary/aromatic N) is 1. The van der Waals surface area contributed by atoms with Crippen molar-refractivity contribution in [2.24, 2.45) is 5.92 Å². The molecule has 1 aromatic rings. The van der Waals surface area contributed by atoms with Crippen molar-refractivity contribution in [3.63, 3.8) is 0 Å². The molecule has 1 amide bonds. The molecule has 2 atom stereocenters. The van der Waals surface area contributed by atoms with Crippen molar-refractivity contribution < 1.29 is 14.7 Å². The lowest BCUT2D eigenvalue weighted by molar-refractivity contribution is -0.153. The molecule has 0 bridgehead atoms. The predicted molar refractivity (Wildman–Crippen MR) is 81.5 cm³/mol. The van der Waals surface area contributed by atoms with E-state index in [0.29, 0.717) is 22.0 Å². The van der Waals surface area contributed by atoms with Crippen LogP contribution in [0.1, 0.15) is 38.3 Å². The first-order valence-electron chi connectivity index (χ1n) is 6.82. The average molecular weight is 330 g/mol. The van der Waals surface area contributed by atoms with Gasteiger partial charge in [0.15, 0.2) is 0 Å². The summed E-state index contributed by atoms with van der Waals surface area (Å²) in [5.41, 5.74) is 0.634. The van der Waals surface area contributed by atoms with Crippen molar-refractivity contribution in [3.05, 3.63) is 33.8 Å². The van der Waals surface area contributed by atoms with E-state index < -0.39 is 17.9 Å². The van der Waals surface area contributed by atoms with Crippen LogP contribution in [0.25, 0.3) is 0 Å². The normalized spacial score (nSPS) is 22.7. The van der Waals surface area contributed by atoms with Crippen molar-refractivity contribution in [2.45, 2.75) is 38.8 Å². The maximum Gasteiger partial charge on any atom is 0.308 e. The van der Waals surface area contributed by atoms with Gasteiger partial charge < -0.3 is 10.0 Å². The second kappa shape index (κ2) is 6.24. The van der Waals surface area contributed by atoms with Crippen molar-refractivity contribution >= 4 is 35.1 Å². The molecule has 0 aliphatic carbocycles. The van der Waals surface area contributed by atoms with E-state index in [1.807, 2.05) is 13.8 Å². The number of carboxylic acid groups (broad SMARTS) is 1. The van der Waals surface area contributed by atoms with Gasteiger partial charge in [-0.05, 0) is 38.0 Å². The van der Waals surface area contributed by atoms with Crippen LogP contribution >= 0.6 is 23.2 Å². The van der Waals surface area contributed by atoms with Gasteiger partial charge >= 0.3 is 5.97 Å². The molecule has 0 saturated carbocycles. The molecule has 0 aromatic heterocycles. The summed E-state index contributed by atoms with van der Waals surface area (Å²) >= 11 is 12.1. The van der Waals surface area contributed by atoms with Crippen LogP contribution in [0.5, 0.6) is 0 Å². The van der Waals surface area contributed by atoms with Gasteiger partial charge in [-0.2, -0.15) is 0 Å². The molecule has 2 rings (SSSR count). The number of carboxylic acids is 1. The molecule has 2 unspecified atom stereocenters. The molecule has 1 saturated heterocycles. The number of piperidine rings is 1. The summed E-state index contributed by atoms with van der Waals surface area (Å²) in [6, 6.07) is 4.29. The summed E-state index contributed by atoms with van der Waals surface area (Å²) in [7, 11) is 0. The van der Waals surface area contributed by atoms with Gasteiger partial charge in [-0.3, -0.25) is 9.59 Å². The lowest BCUT2D eigenvalue weighted by atomic mass is 9.83. The molecule has 1 fully saturated rings. The van der Waals surface area contributed by atoms with Gasteiger partial charge in [0, 0.05) is 22.5 Å². The number of halogens is 2. The number of rotatable bonds is 3. The van der Waals surface area contributed by atoms with E-state index in [1.54, 1.807) is 23.1 Å². The monoisotopic (exact) mass is 329 g/mol. The van der Waals surface area contributed by atoms with Gasteiger partial charge in [-0.15, -0.1) is 0 Å². The molecular weight excluding hydrogens is 313 g/mol. The number of amides is 1. The largest absolute Gasteiger partial charge is 0.481 e. The lowest BCUT2D eigenvalue weighted by Crippen LogP contribution is -2.48. The highest BCUT2D eigenvalue weighted by molar-refractivity contribution is 6.35. The van der Waals surface area contributed by atoms with Gasteiger partial charge in [-0.25, -0.2) is 0 Å². The van der Waals surface area contributed by atoms with E-state index >= 15 is 0 Å². The van der Waals surface area contributed by atoms with Crippen molar-refractivity contribution in [3.8, 4) is 0 Å². The molecule has 0 radical (unpaired) electrons. The lowest BCUT2D eigenvalue weighted by Gasteiger charge is -2.42. The van der Waals surface area contributed by atoms with Crippen LogP contribution < -0.4 is 0 Å². The molecule has 21 heavy (non-hydrogen) atoms. The van der Waals surface area contributed by atoms with E-state index in [9.17, 15) is 14.7 Å². The second-order valence-corrected chi connectivity index (χ2v) is 6.33. The summed E-state index contributed by atoms with van der Waals surface area (Å²) in [4.78, 5) is 25.4. The third-order valence-electron chi connectivity index (χ3n) is 3.79. The quantitative estimate of drug-likeness (QED) is 0.918. The molecule has 1 aliphatic rings. The van der Waals surface area contributed by atoms with Crippen LogP contribution in [-0.4, -0.2) is 27.9 Å². The smallest absolute Gasteiger partial charge is 0.308 e. The van der Waals surface area contributed by atoms with Crippen LogP contribution in [0, 0.1) is 5.92 Å². The molecule has 1 heterocycles. The molecule has 1 aliphatic heterocycles. The molecule has 4 nitrogen and oxygen atoms in total. The second-order valence-electron chi connectivity index (χ2n) is 5.49. The van der Waals surface area contributed by atoms with Crippen LogP contribution in [0.2, 0.25) is 10.0 Å². The van der Waals surface area contributed by atoms with Crippen LogP contribution in [0.3, 0.4) is 0 Å². The highest BCUT2D eigenvalue weighted by Gasteiger charge is 2.42. The molecular formula is C15H17Cl2NO3. The number of hydrogen-bond donors (Lipinski definition) is 1. The Hall–Kier alpha value is -1.26. The number of carbonyl (C=O) groups excluding carboxylic acids is 1. The Bertz CT molecular complexity index is 574. The summed E-state index contributed by atoms with van der Waals surface area (Å²) in [6.45, 7) is 3.75. The fraction of sp³-hybridized carbons (Fsp3) is 0.467. The average Bonchev–Trinajstić information content (AvgIpc) is 2.37. The van der Waals surface area contributed by atoms with Gasteiger partial charge in [0.2, 0.25) is 5.91 Å². The Labute approximate surface area is 133 Å². The summed E-state index contributed by atoms with van der Waals surface area (Å²) in [5.74, 6) is -1.62. The zero-order valence-electron chi connectivity index (χ0n) is 11.8. The topological polar surface area (TPSA) is 57.6 Å². The zero-order valence-corrected chi connectivity index (χ0v) is 13.4.